The Labute approximate surface area is 155 Å². The molecule has 0 amide bonds. The average Bonchev–Trinajstić information content (AvgIpc) is 3.30. The monoisotopic (exact) mass is 371 g/mol. The summed E-state index contributed by atoms with van der Waals surface area (Å²) in [6.07, 6.45) is 0. The van der Waals surface area contributed by atoms with E-state index in [1.54, 1.807) is 24.3 Å². The molecule has 1 saturated heterocycles. The van der Waals surface area contributed by atoms with Gasteiger partial charge in [0.25, 0.3) is 0 Å². The van der Waals surface area contributed by atoms with Crippen LogP contribution in [-0.2, 0) is 14.8 Å². The average molecular weight is 372 g/mol. The molecule has 2 aromatic carbocycles. The fraction of sp³-hybridized carbons (Fsp3) is 0.381. The molecule has 1 fully saturated rings. The summed E-state index contributed by atoms with van der Waals surface area (Å²) in [5, 5.41) is 0. The van der Waals surface area contributed by atoms with E-state index in [-0.39, 0.29) is 10.7 Å². The van der Waals surface area contributed by atoms with Gasteiger partial charge < -0.3 is 0 Å². The first-order valence-corrected chi connectivity index (χ1v) is 10.2. The SMILES string of the molecule is Cc1ccc([C@H]2[C@@H](C(=O)C(C)(C)C)N2S(=O)(=O)c2ccc(C)cc2)cc1. The summed E-state index contributed by atoms with van der Waals surface area (Å²) in [6.45, 7) is 9.38. The van der Waals surface area contributed by atoms with Gasteiger partial charge in [0.1, 0.15) is 6.04 Å². The summed E-state index contributed by atoms with van der Waals surface area (Å²) < 4.78 is 27.7. The van der Waals surface area contributed by atoms with E-state index in [9.17, 15) is 13.2 Å². The second-order valence-electron chi connectivity index (χ2n) is 8.06. The number of sulfonamides is 1. The minimum absolute atomic E-state index is 0.0567. The molecule has 3 atom stereocenters. The highest BCUT2D eigenvalue weighted by atomic mass is 32.2. The summed E-state index contributed by atoms with van der Waals surface area (Å²) in [6, 6.07) is 13.4. The van der Waals surface area contributed by atoms with Crippen LogP contribution in [0.15, 0.2) is 53.4 Å². The summed E-state index contributed by atoms with van der Waals surface area (Å²) in [5.74, 6) is -0.0567. The van der Waals surface area contributed by atoms with Crippen molar-refractivity contribution in [3.8, 4) is 0 Å². The molecule has 1 aliphatic heterocycles. The Kier molecular flexibility index (Phi) is 4.57. The maximum Gasteiger partial charge on any atom is 0.244 e. The standard InChI is InChI=1S/C21H25NO3S/c1-14-6-10-16(11-7-14)18-19(20(23)21(3,4)5)22(18)26(24,25)17-12-8-15(2)9-13-17/h6-13,18-19H,1-5H3/t18-,19-,22?/m0/s1. The molecule has 0 bridgehead atoms. The summed E-state index contributed by atoms with van der Waals surface area (Å²) in [7, 11) is -3.73. The van der Waals surface area contributed by atoms with E-state index in [1.807, 2.05) is 58.9 Å². The highest BCUT2D eigenvalue weighted by Gasteiger charge is 2.61. The molecule has 26 heavy (non-hydrogen) atoms. The van der Waals surface area contributed by atoms with Crippen LogP contribution in [0.25, 0.3) is 0 Å². The number of ketones is 1. The molecule has 0 spiro atoms. The number of hydrogen-bond donors (Lipinski definition) is 0. The third kappa shape index (κ3) is 3.33. The van der Waals surface area contributed by atoms with E-state index in [4.69, 9.17) is 0 Å². The van der Waals surface area contributed by atoms with Gasteiger partial charge in [-0.15, -0.1) is 0 Å². The van der Waals surface area contributed by atoms with Crippen molar-refractivity contribution in [1.29, 1.82) is 0 Å². The molecule has 3 rings (SSSR count). The predicted molar refractivity (Wildman–Crippen MR) is 102 cm³/mol. The lowest BCUT2D eigenvalue weighted by molar-refractivity contribution is -0.126. The van der Waals surface area contributed by atoms with E-state index >= 15 is 0 Å². The van der Waals surface area contributed by atoms with E-state index in [2.05, 4.69) is 0 Å². The number of benzene rings is 2. The highest BCUT2D eigenvalue weighted by Crippen LogP contribution is 2.50. The van der Waals surface area contributed by atoms with E-state index in [0.717, 1.165) is 16.7 Å². The Hall–Kier alpha value is -1.98. The third-order valence-corrected chi connectivity index (χ3v) is 6.66. The summed E-state index contributed by atoms with van der Waals surface area (Å²) in [5.41, 5.74) is 2.34. The molecule has 0 N–H and O–H groups in total. The lowest BCUT2D eigenvalue weighted by Crippen LogP contribution is -2.29. The van der Waals surface area contributed by atoms with Crippen LogP contribution in [0.5, 0.6) is 0 Å². The number of carbonyl (C=O) groups is 1. The zero-order chi connectivity index (χ0) is 19.3. The van der Waals surface area contributed by atoms with Crippen LogP contribution in [0.1, 0.15) is 43.5 Å². The van der Waals surface area contributed by atoms with Gasteiger partial charge in [-0.25, -0.2) is 8.42 Å². The molecule has 1 aliphatic rings. The van der Waals surface area contributed by atoms with Crippen molar-refractivity contribution in [2.45, 2.75) is 51.6 Å². The quantitative estimate of drug-likeness (QED) is 0.763. The van der Waals surface area contributed by atoms with Crippen molar-refractivity contribution in [2.75, 3.05) is 0 Å². The van der Waals surface area contributed by atoms with E-state index in [0.29, 0.717) is 0 Å². The van der Waals surface area contributed by atoms with Gasteiger partial charge in [0.05, 0.1) is 10.9 Å². The molecular formula is C21H25NO3S. The molecule has 0 radical (unpaired) electrons. The summed E-state index contributed by atoms with van der Waals surface area (Å²) in [4.78, 5) is 13.1. The lowest BCUT2D eigenvalue weighted by Gasteiger charge is -2.16. The second-order valence-corrected chi connectivity index (χ2v) is 9.91. The minimum atomic E-state index is -3.73. The van der Waals surface area contributed by atoms with Gasteiger partial charge in [0.15, 0.2) is 5.78 Å². The molecule has 0 aromatic heterocycles. The molecular weight excluding hydrogens is 346 g/mol. The Morgan fingerprint density at radius 1 is 0.885 bits per heavy atom. The Morgan fingerprint density at radius 2 is 1.35 bits per heavy atom. The fourth-order valence-electron chi connectivity index (χ4n) is 3.14. The van der Waals surface area contributed by atoms with Crippen LogP contribution in [-0.4, -0.2) is 24.5 Å². The van der Waals surface area contributed by atoms with Gasteiger partial charge in [-0.05, 0) is 31.5 Å². The molecule has 4 nitrogen and oxygen atoms in total. The zero-order valence-corrected chi connectivity index (χ0v) is 16.7. The number of Topliss-reactive ketones (excluding diaryl/α,β-unsaturated/α-hetero) is 1. The van der Waals surface area contributed by atoms with Gasteiger partial charge in [-0.3, -0.25) is 4.79 Å². The molecule has 138 valence electrons. The predicted octanol–water partition coefficient (Wildman–Crippen LogP) is 4.03. The van der Waals surface area contributed by atoms with Gasteiger partial charge >= 0.3 is 0 Å². The number of aryl methyl sites for hydroxylation is 2. The number of nitrogens with zero attached hydrogens (tertiary/aromatic N) is 1. The molecule has 0 aliphatic carbocycles. The Morgan fingerprint density at radius 3 is 1.81 bits per heavy atom. The normalized spacial score (nSPS) is 22.9. The zero-order valence-electron chi connectivity index (χ0n) is 15.9. The third-order valence-electron chi connectivity index (χ3n) is 4.78. The Bertz CT molecular complexity index is 923. The fourth-order valence-corrected chi connectivity index (χ4v) is 4.85. The van der Waals surface area contributed by atoms with Crippen molar-refractivity contribution >= 4 is 15.8 Å². The smallest absolute Gasteiger partial charge is 0.244 e. The van der Waals surface area contributed by atoms with Crippen molar-refractivity contribution in [3.05, 3.63) is 65.2 Å². The van der Waals surface area contributed by atoms with Gasteiger partial charge in [0.2, 0.25) is 10.0 Å². The first-order chi connectivity index (χ1) is 12.0. The maximum absolute atomic E-state index is 13.2. The number of hydrogen-bond acceptors (Lipinski definition) is 3. The maximum atomic E-state index is 13.2. The van der Waals surface area contributed by atoms with Crippen LogP contribution in [0, 0.1) is 19.3 Å². The largest absolute Gasteiger partial charge is 0.297 e. The van der Waals surface area contributed by atoms with Gasteiger partial charge in [-0.2, -0.15) is 4.31 Å². The molecule has 0 saturated carbocycles. The van der Waals surface area contributed by atoms with Crippen molar-refractivity contribution in [1.82, 2.24) is 4.31 Å². The van der Waals surface area contributed by atoms with Gasteiger partial charge in [0, 0.05) is 5.41 Å². The molecule has 1 heterocycles. The first kappa shape index (κ1) is 18.8. The molecule has 2 aromatic rings. The van der Waals surface area contributed by atoms with Crippen LogP contribution < -0.4 is 0 Å². The first-order valence-electron chi connectivity index (χ1n) is 8.74. The second kappa shape index (κ2) is 6.32. The minimum Gasteiger partial charge on any atom is -0.297 e. The topological polar surface area (TPSA) is 54.2 Å². The van der Waals surface area contributed by atoms with Crippen molar-refractivity contribution in [3.63, 3.8) is 0 Å². The lowest BCUT2D eigenvalue weighted by atomic mass is 9.87. The van der Waals surface area contributed by atoms with Crippen LogP contribution in [0.2, 0.25) is 0 Å². The number of rotatable bonds is 4. The Balaban J connectivity index is 2.03. The molecule has 5 heteroatoms. The number of carbonyl (C=O) groups excluding carboxylic acids is 1. The van der Waals surface area contributed by atoms with Crippen molar-refractivity contribution in [2.24, 2.45) is 5.41 Å². The van der Waals surface area contributed by atoms with Crippen molar-refractivity contribution < 1.29 is 13.2 Å². The van der Waals surface area contributed by atoms with Crippen LogP contribution in [0.4, 0.5) is 0 Å². The molecule has 1 unspecified atom stereocenters. The van der Waals surface area contributed by atoms with Gasteiger partial charge in [-0.1, -0.05) is 68.3 Å². The van der Waals surface area contributed by atoms with E-state index < -0.39 is 27.5 Å². The van der Waals surface area contributed by atoms with E-state index in [1.165, 1.54) is 4.31 Å². The van der Waals surface area contributed by atoms with Crippen LogP contribution in [0.3, 0.4) is 0 Å². The summed E-state index contributed by atoms with van der Waals surface area (Å²) >= 11 is 0. The highest BCUT2D eigenvalue weighted by molar-refractivity contribution is 7.89. The van der Waals surface area contributed by atoms with Crippen LogP contribution >= 0.6 is 0 Å².